The van der Waals surface area contributed by atoms with E-state index in [1.54, 1.807) is 12.3 Å². The predicted molar refractivity (Wildman–Crippen MR) is 99.5 cm³/mol. The Labute approximate surface area is 160 Å². The third kappa shape index (κ3) is 4.52. The zero-order valence-corrected chi connectivity index (χ0v) is 15.5. The summed E-state index contributed by atoms with van der Waals surface area (Å²) < 4.78 is 58.3. The van der Waals surface area contributed by atoms with Crippen LogP contribution in [0.1, 0.15) is 5.56 Å². The first kappa shape index (κ1) is 19.5. The second kappa shape index (κ2) is 8.17. The standard InChI is InChI=1S/C18H16F2N4O3S/c1-27-18-12(3-2-8-21-18)10-22-17-7-5-14(11-23-17)28(25,26)24-13-4-6-15(19)16(20)9-13/h2-9,11,24H,10H2,1H3,(H,22,23). The highest BCUT2D eigenvalue weighted by molar-refractivity contribution is 7.92. The fourth-order valence-corrected chi connectivity index (χ4v) is 3.34. The number of aromatic nitrogens is 2. The number of hydrogen-bond donors (Lipinski definition) is 2. The lowest BCUT2D eigenvalue weighted by Crippen LogP contribution is -2.14. The lowest BCUT2D eigenvalue weighted by Gasteiger charge is -2.10. The molecule has 0 fully saturated rings. The average molecular weight is 406 g/mol. The number of ether oxygens (including phenoxy) is 1. The summed E-state index contributed by atoms with van der Waals surface area (Å²) in [7, 11) is -2.48. The second-order valence-electron chi connectivity index (χ2n) is 5.64. The molecule has 2 heterocycles. The van der Waals surface area contributed by atoms with E-state index in [0.29, 0.717) is 18.2 Å². The SMILES string of the molecule is COc1ncccc1CNc1ccc(S(=O)(=O)Nc2ccc(F)c(F)c2)cn1. The van der Waals surface area contributed by atoms with E-state index in [1.165, 1.54) is 19.2 Å². The molecule has 3 rings (SSSR count). The minimum absolute atomic E-state index is 0.0928. The van der Waals surface area contributed by atoms with Crippen LogP contribution in [0.5, 0.6) is 5.88 Å². The number of hydrogen-bond acceptors (Lipinski definition) is 6. The van der Waals surface area contributed by atoms with E-state index in [2.05, 4.69) is 20.0 Å². The summed E-state index contributed by atoms with van der Waals surface area (Å²) in [5.74, 6) is -1.29. The highest BCUT2D eigenvalue weighted by atomic mass is 32.2. The number of pyridine rings is 2. The molecule has 0 bridgehead atoms. The van der Waals surface area contributed by atoms with Gasteiger partial charge < -0.3 is 10.1 Å². The van der Waals surface area contributed by atoms with Crippen LogP contribution in [-0.2, 0) is 16.6 Å². The topological polar surface area (TPSA) is 93.2 Å². The van der Waals surface area contributed by atoms with Crippen molar-refractivity contribution in [2.45, 2.75) is 11.4 Å². The van der Waals surface area contributed by atoms with Crippen LogP contribution in [0.4, 0.5) is 20.3 Å². The maximum absolute atomic E-state index is 13.2. The average Bonchev–Trinajstić information content (AvgIpc) is 2.69. The number of benzene rings is 1. The van der Waals surface area contributed by atoms with E-state index in [-0.39, 0.29) is 10.6 Å². The molecule has 2 N–H and O–H groups in total. The molecule has 0 atom stereocenters. The van der Waals surface area contributed by atoms with Gasteiger partial charge in [-0.15, -0.1) is 0 Å². The van der Waals surface area contributed by atoms with E-state index in [0.717, 1.165) is 30.0 Å². The van der Waals surface area contributed by atoms with Crippen LogP contribution < -0.4 is 14.8 Å². The van der Waals surface area contributed by atoms with Gasteiger partial charge in [0.15, 0.2) is 11.6 Å². The fourth-order valence-electron chi connectivity index (χ4n) is 2.35. The van der Waals surface area contributed by atoms with Crippen molar-refractivity contribution < 1.29 is 21.9 Å². The summed E-state index contributed by atoms with van der Waals surface area (Å²) >= 11 is 0. The molecule has 0 aliphatic carbocycles. The van der Waals surface area contributed by atoms with Crippen molar-refractivity contribution in [2.75, 3.05) is 17.1 Å². The predicted octanol–water partition coefficient (Wildman–Crippen LogP) is 3.18. The molecule has 0 amide bonds. The van der Waals surface area contributed by atoms with E-state index < -0.39 is 21.7 Å². The molecular weight excluding hydrogens is 390 g/mol. The monoisotopic (exact) mass is 406 g/mol. The minimum atomic E-state index is -4.00. The number of rotatable bonds is 7. The van der Waals surface area contributed by atoms with Crippen LogP contribution in [0.25, 0.3) is 0 Å². The fraction of sp³-hybridized carbons (Fsp3) is 0.111. The molecule has 0 unspecified atom stereocenters. The number of methoxy groups -OCH3 is 1. The molecule has 10 heteroatoms. The van der Waals surface area contributed by atoms with Crippen LogP contribution in [0, 0.1) is 11.6 Å². The van der Waals surface area contributed by atoms with Gasteiger partial charge in [0.25, 0.3) is 10.0 Å². The summed E-state index contributed by atoms with van der Waals surface area (Å²) in [6, 6.07) is 9.17. The molecule has 0 spiro atoms. The molecule has 0 aliphatic heterocycles. The van der Waals surface area contributed by atoms with E-state index in [4.69, 9.17) is 4.74 Å². The van der Waals surface area contributed by atoms with E-state index in [9.17, 15) is 17.2 Å². The van der Waals surface area contributed by atoms with Gasteiger partial charge in [-0.05, 0) is 30.3 Å². The van der Waals surface area contributed by atoms with Gasteiger partial charge in [-0.3, -0.25) is 4.72 Å². The smallest absolute Gasteiger partial charge is 0.263 e. The molecule has 1 aromatic carbocycles. The van der Waals surface area contributed by atoms with Crippen molar-refractivity contribution >= 4 is 21.5 Å². The van der Waals surface area contributed by atoms with Gasteiger partial charge in [0.1, 0.15) is 10.7 Å². The third-order valence-corrected chi connectivity index (χ3v) is 5.09. The number of sulfonamides is 1. The number of anilines is 2. The lowest BCUT2D eigenvalue weighted by atomic mass is 10.2. The van der Waals surface area contributed by atoms with Crippen molar-refractivity contribution in [1.29, 1.82) is 0 Å². The van der Waals surface area contributed by atoms with Crippen molar-refractivity contribution in [1.82, 2.24) is 9.97 Å². The Bertz CT molecular complexity index is 1080. The number of halogens is 2. The first-order valence-corrected chi connectivity index (χ1v) is 9.53. The summed E-state index contributed by atoms with van der Waals surface area (Å²) in [6.07, 6.45) is 2.77. The first-order chi connectivity index (χ1) is 13.4. The van der Waals surface area contributed by atoms with Gasteiger partial charge in [-0.25, -0.2) is 27.2 Å². The first-order valence-electron chi connectivity index (χ1n) is 8.05. The third-order valence-electron chi connectivity index (χ3n) is 3.72. The molecule has 0 saturated heterocycles. The largest absolute Gasteiger partial charge is 0.481 e. The van der Waals surface area contributed by atoms with Crippen molar-refractivity contribution in [2.24, 2.45) is 0 Å². The Kier molecular flexibility index (Phi) is 5.69. The highest BCUT2D eigenvalue weighted by Crippen LogP contribution is 2.20. The van der Waals surface area contributed by atoms with E-state index in [1.807, 2.05) is 6.07 Å². The van der Waals surface area contributed by atoms with Crippen LogP contribution in [0.2, 0.25) is 0 Å². The Balaban J connectivity index is 1.69. The van der Waals surface area contributed by atoms with Gasteiger partial charge >= 0.3 is 0 Å². The van der Waals surface area contributed by atoms with Crippen molar-refractivity contribution in [3.63, 3.8) is 0 Å². The molecule has 0 radical (unpaired) electrons. The lowest BCUT2D eigenvalue weighted by molar-refractivity contribution is 0.393. The summed E-state index contributed by atoms with van der Waals surface area (Å²) in [6.45, 7) is 0.378. The van der Waals surface area contributed by atoms with Gasteiger partial charge in [0.2, 0.25) is 5.88 Å². The molecule has 0 aliphatic rings. The Morgan fingerprint density at radius 3 is 2.57 bits per heavy atom. The van der Waals surface area contributed by atoms with Crippen molar-refractivity contribution in [3.05, 3.63) is 72.1 Å². The number of nitrogens with one attached hydrogen (secondary N) is 2. The molecule has 7 nitrogen and oxygen atoms in total. The maximum atomic E-state index is 13.2. The molecule has 3 aromatic rings. The number of nitrogens with zero attached hydrogens (tertiary/aromatic N) is 2. The van der Waals surface area contributed by atoms with Crippen LogP contribution in [0.3, 0.4) is 0 Å². The summed E-state index contributed by atoms with van der Waals surface area (Å²) in [5.41, 5.74) is 0.716. The summed E-state index contributed by atoms with van der Waals surface area (Å²) in [5, 5.41) is 3.04. The molecule has 2 aromatic heterocycles. The van der Waals surface area contributed by atoms with E-state index >= 15 is 0 Å². The second-order valence-corrected chi connectivity index (χ2v) is 7.32. The summed E-state index contributed by atoms with van der Waals surface area (Å²) in [4.78, 5) is 8.03. The highest BCUT2D eigenvalue weighted by Gasteiger charge is 2.16. The van der Waals surface area contributed by atoms with Crippen LogP contribution >= 0.6 is 0 Å². The van der Waals surface area contributed by atoms with Crippen LogP contribution in [-0.4, -0.2) is 25.5 Å². The van der Waals surface area contributed by atoms with Crippen molar-refractivity contribution in [3.8, 4) is 5.88 Å². The van der Waals surface area contributed by atoms with Gasteiger partial charge in [-0.1, -0.05) is 6.07 Å². The molecular formula is C18H16F2N4O3S. The molecule has 0 saturated carbocycles. The Morgan fingerprint density at radius 1 is 1.07 bits per heavy atom. The minimum Gasteiger partial charge on any atom is -0.481 e. The quantitative estimate of drug-likeness (QED) is 0.626. The zero-order chi connectivity index (χ0) is 20.1. The van der Waals surface area contributed by atoms with Gasteiger partial charge in [-0.2, -0.15) is 0 Å². The Morgan fingerprint density at radius 2 is 1.89 bits per heavy atom. The Hall–Kier alpha value is -3.27. The van der Waals surface area contributed by atoms with Crippen LogP contribution in [0.15, 0.2) is 59.8 Å². The van der Waals surface area contributed by atoms with Gasteiger partial charge in [0, 0.05) is 30.6 Å². The van der Waals surface area contributed by atoms with Gasteiger partial charge in [0.05, 0.1) is 12.8 Å². The molecule has 146 valence electrons. The molecule has 28 heavy (non-hydrogen) atoms. The maximum Gasteiger partial charge on any atom is 0.263 e. The zero-order valence-electron chi connectivity index (χ0n) is 14.7. The normalized spacial score (nSPS) is 11.1.